The second kappa shape index (κ2) is 9.13. The fourth-order valence-corrected chi connectivity index (χ4v) is 4.47. The third-order valence-electron chi connectivity index (χ3n) is 6.44. The smallest absolute Gasteiger partial charge is 0.223 e. The Morgan fingerprint density at radius 3 is 2.57 bits per heavy atom. The number of hydrogen-bond acceptors (Lipinski definition) is 5. The number of aliphatic hydroxyl groups excluding tert-OH is 1. The average molecular weight is 409 g/mol. The van der Waals surface area contributed by atoms with Crippen LogP contribution in [0.5, 0.6) is 0 Å². The molecule has 1 aliphatic carbocycles. The van der Waals surface area contributed by atoms with E-state index < -0.39 is 0 Å². The van der Waals surface area contributed by atoms with Crippen LogP contribution < -0.4 is 10.2 Å². The molecule has 1 saturated heterocycles. The number of aryl methyl sites for hydroxylation is 1. The van der Waals surface area contributed by atoms with Gasteiger partial charge in [0.2, 0.25) is 5.91 Å². The minimum absolute atomic E-state index is 0.00229. The Balaban J connectivity index is 1.48. The second-order valence-electron chi connectivity index (χ2n) is 8.82. The molecule has 2 N–H and O–H groups in total. The van der Waals surface area contributed by atoms with Crippen LogP contribution in [0, 0.1) is 11.8 Å². The van der Waals surface area contributed by atoms with Crippen LogP contribution in [0.3, 0.4) is 0 Å². The number of amides is 1. The maximum atomic E-state index is 12.7. The first kappa shape index (κ1) is 20.8. The fourth-order valence-electron chi connectivity index (χ4n) is 4.47. The number of anilines is 1. The van der Waals surface area contributed by atoms with Crippen molar-refractivity contribution in [3.8, 4) is 11.4 Å². The van der Waals surface area contributed by atoms with Gasteiger partial charge < -0.3 is 15.3 Å². The van der Waals surface area contributed by atoms with Crippen LogP contribution in [0.1, 0.15) is 44.4 Å². The zero-order valence-electron chi connectivity index (χ0n) is 18.0. The van der Waals surface area contributed by atoms with Crippen molar-refractivity contribution in [2.45, 2.75) is 52.0 Å². The summed E-state index contributed by atoms with van der Waals surface area (Å²) in [6.45, 7) is 5.66. The summed E-state index contributed by atoms with van der Waals surface area (Å²) >= 11 is 0. The summed E-state index contributed by atoms with van der Waals surface area (Å²) in [6.07, 6.45) is 4.79. The molecule has 0 saturated carbocycles. The number of nitrogens with zero attached hydrogens (tertiary/aromatic N) is 3. The van der Waals surface area contributed by atoms with Crippen molar-refractivity contribution < 1.29 is 9.90 Å². The van der Waals surface area contributed by atoms with Gasteiger partial charge in [0.25, 0.3) is 0 Å². The standard InChI is InChI=1S/C24H32N4O2/c1-16(2)21(15-29)26-24(30)18-11-13-28(14-12-18)23-19-9-6-10-20(19)25-22(27-23)17-7-4-3-5-8-17/h3-5,7-8,16,18,21,29H,6,9-15H2,1-2H3,(H,26,30)/t21-/m1/s1. The first-order chi connectivity index (χ1) is 14.6. The molecule has 6 nitrogen and oxygen atoms in total. The summed E-state index contributed by atoms with van der Waals surface area (Å²) in [5, 5.41) is 12.5. The predicted molar refractivity (Wildman–Crippen MR) is 118 cm³/mol. The molecule has 1 fully saturated rings. The van der Waals surface area contributed by atoms with Crippen molar-refractivity contribution in [3.05, 3.63) is 41.6 Å². The van der Waals surface area contributed by atoms with Gasteiger partial charge >= 0.3 is 0 Å². The number of carbonyl (C=O) groups is 1. The highest BCUT2D eigenvalue weighted by atomic mass is 16.3. The second-order valence-corrected chi connectivity index (χ2v) is 8.82. The highest BCUT2D eigenvalue weighted by Crippen LogP contribution is 2.33. The van der Waals surface area contributed by atoms with Crippen molar-refractivity contribution in [1.29, 1.82) is 0 Å². The lowest BCUT2D eigenvalue weighted by Crippen LogP contribution is -2.47. The highest BCUT2D eigenvalue weighted by molar-refractivity contribution is 5.79. The zero-order valence-corrected chi connectivity index (χ0v) is 18.0. The van der Waals surface area contributed by atoms with Crippen molar-refractivity contribution >= 4 is 11.7 Å². The average Bonchev–Trinajstić information content (AvgIpc) is 3.26. The first-order valence-electron chi connectivity index (χ1n) is 11.2. The topological polar surface area (TPSA) is 78.4 Å². The van der Waals surface area contributed by atoms with Gasteiger partial charge in [-0.05, 0) is 38.0 Å². The number of fused-ring (bicyclic) bond motifs is 1. The number of aromatic nitrogens is 2. The minimum Gasteiger partial charge on any atom is -0.394 e. The van der Waals surface area contributed by atoms with E-state index in [4.69, 9.17) is 9.97 Å². The molecule has 4 rings (SSSR count). The van der Waals surface area contributed by atoms with Crippen molar-refractivity contribution in [3.63, 3.8) is 0 Å². The van der Waals surface area contributed by atoms with Crippen LogP contribution >= 0.6 is 0 Å². The van der Waals surface area contributed by atoms with E-state index in [-0.39, 0.29) is 30.4 Å². The van der Waals surface area contributed by atoms with Gasteiger partial charge in [-0.1, -0.05) is 44.2 Å². The number of piperidine rings is 1. The summed E-state index contributed by atoms with van der Waals surface area (Å²) in [5.74, 6) is 2.15. The Hall–Kier alpha value is -2.47. The lowest BCUT2D eigenvalue weighted by atomic mass is 9.94. The maximum absolute atomic E-state index is 12.7. The van der Waals surface area contributed by atoms with E-state index in [0.29, 0.717) is 0 Å². The molecular weight excluding hydrogens is 376 g/mol. The Morgan fingerprint density at radius 1 is 1.17 bits per heavy atom. The maximum Gasteiger partial charge on any atom is 0.223 e. The van der Waals surface area contributed by atoms with Gasteiger partial charge in [0, 0.05) is 35.8 Å². The fraction of sp³-hybridized carbons (Fsp3) is 0.542. The number of rotatable bonds is 6. The van der Waals surface area contributed by atoms with Gasteiger partial charge in [0.05, 0.1) is 12.6 Å². The molecular formula is C24H32N4O2. The van der Waals surface area contributed by atoms with Crippen LogP contribution in [0.2, 0.25) is 0 Å². The predicted octanol–water partition coefficient (Wildman–Crippen LogP) is 2.98. The molecule has 0 unspecified atom stereocenters. The van der Waals surface area contributed by atoms with Gasteiger partial charge in [-0.2, -0.15) is 0 Å². The molecule has 0 spiro atoms. The van der Waals surface area contributed by atoms with E-state index in [1.165, 1.54) is 11.3 Å². The van der Waals surface area contributed by atoms with Crippen molar-refractivity contribution in [1.82, 2.24) is 15.3 Å². The quantitative estimate of drug-likeness (QED) is 0.768. The number of aliphatic hydroxyl groups is 1. The number of carbonyl (C=O) groups excluding carboxylic acids is 1. The third kappa shape index (κ3) is 4.33. The van der Waals surface area contributed by atoms with E-state index in [2.05, 4.69) is 22.3 Å². The summed E-state index contributed by atoms with van der Waals surface area (Å²) < 4.78 is 0. The van der Waals surface area contributed by atoms with E-state index in [1.807, 2.05) is 32.0 Å². The molecule has 2 aromatic rings. The molecule has 2 heterocycles. The lowest BCUT2D eigenvalue weighted by molar-refractivity contribution is -0.127. The molecule has 2 aliphatic rings. The Labute approximate surface area is 178 Å². The molecule has 0 radical (unpaired) electrons. The third-order valence-corrected chi connectivity index (χ3v) is 6.44. The summed E-state index contributed by atoms with van der Waals surface area (Å²) in [6, 6.07) is 9.99. The molecule has 1 atom stereocenters. The van der Waals surface area contributed by atoms with Crippen LogP contribution in [0.4, 0.5) is 5.82 Å². The molecule has 1 aromatic carbocycles. The molecule has 30 heavy (non-hydrogen) atoms. The SMILES string of the molecule is CC(C)[C@@H](CO)NC(=O)C1CCN(c2nc(-c3ccccc3)nc3c2CCC3)CC1. The van der Waals surface area contributed by atoms with E-state index in [0.717, 1.165) is 62.4 Å². The Kier molecular flexibility index (Phi) is 6.32. The minimum atomic E-state index is -0.172. The number of benzene rings is 1. The normalized spacial score (nSPS) is 17.8. The molecule has 0 bridgehead atoms. The summed E-state index contributed by atoms with van der Waals surface area (Å²) in [5.41, 5.74) is 3.52. The number of hydrogen-bond donors (Lipinski definition) is 2. The van der Waals surface area contributed by atoms with Gasteiger partial charge in [0.1, 0.15) is 5.82 Å². The zero-order chi connectivity index (χ0) is 21.1. The van der Waals surface area contributed by atoms with Crippen LogP contribution in [0.15, 0.2) is 30.3 Å². The van der Waals surface area contributed by atoms with Crippen molar-refractivity contribution in [2.24, 2.45) is 11.8 Å². The first-order valence-corrected chi connectivity index (χ1v) is 11.2. The van der Waals surface area contributed by atoms with E-state index >= 15 is 0 Å². The molecule has 1 aliphatic heterocycles. The van der Waals surface area contributed by atoms with Crippen LogP contribution in [-0.4, -0.2) is 46.7 Å². The van der Waals surface area contributed by atoms with Crippen molar-refractivity contribution in [2.75, 3.05) is 24.6 Å². The van der Waals surface area contributed by atoms with Gasteiger partial charge in [-0.3, -0.25) is 4.79 Å². The molecule has 6 heteroatoms. The van der Waals surface area contributed by atoms with Gasteiger partial charge in [-0.15, -0.1) is 0 Å². The van der Waals surface area contributed by atoms with Gasteiger partial charge in [0.15, 0.2) is 5.82 Å². The van der Waals surface area contributed by atoms with Gasteiger partial charge in [-0.25, -0.2) is 9.97 Å². The van der Waals surface area contributed by atoms with E-state index in [1.54, 1.807) is 0 Å². The molecule has 1 aromatic heterocycles. The van der Waals surface area contributed by atoms with E-state index in [9.17, 15) is 9.90 Å². The Morgan fingerprint density at radius 2 is 1.90 bits per heavy atom. The van der Waals surface area contributed by atoms with Crippen LogP contribution in [0.25, 0.3) is 11.4 Å². The monoisotopic (exact) mass is 408 g/mol. The summed E-state index contributed by atoms with van der Waals surface area (Å²) in [4.78, 5) is 24.8. The lowest BCUT2D eigenvalue weighted by Gasteiger charge is -2.34. The van der Waals surface area contributed by atoms with Crippen LogP contribution in [-0.2, 0) is 17.6 Å². The largest absolute Gasteiger partial charge is 0.394 e. The molecule has 1 amide bonds. The Bertz CT molecular complexity index is 876. The highest BCUT2D eigenvalue weighted by Gasteiger charge is 2.30. The number of nitrogens with one attached hydrogen (secondary N) is 1. The summed E-state index contributed by atoms with van der Waals surface area (Å²) in [7, 11) is 0. The molecule has 160 valence electrons.